The Morgan fingerprint density at radius 2 is 1.90 bits per heavy atom. The molecule has 0 saturated heterocycles. The first kappa shape index (κ1) is 18.9. The second kappa shape index (κ2) is 11.7. The van der Waals surface area contributed by atoms with Crippen molar-refractivity contribution in [3.05, 3.63) is 0 Å². The molecule has 0 bridgehead atoms. The maximum Gasteiger partial charge on any atom is 0.237 e. The molecule has 20 heavy (non-hydrogen) atoms. The minimum Gasteiger partial charge on any atom is -0.383 e. The largest absolute Gasteiger partial charge is 0.383 e. The Labute approximate surface area is 122 Å². The molecule has 118 valence electrons. The number of nitrogens with one attached hydrogen (secondary N) is 3. The molecule has 0 spiro atoms. The molecule has 0 fully saturated rings. The molecule has 0 aromatic rings. The summed E-state index contributed by atoms with van der Waals surface area (Å²) < 4.78 is 4.84. The Morgan fingerprint density at radius 3 is 2.50 bits per heavy atom. The molecule has 0 saturated carbocycles. The van der Waals surface area contributed by atoms with Crippen molar-refractivity contribution in [3.63, 3.8) is 0 Å². The van der Waals surface area contributed by atoms with Crippen LogP contribution in [0.4, 0.5) is 0 Å². The second-order valence-electron chi connectivity index (χ2n) is 4.97. The average molecular weight is 287 g/mol. The first-order chi connectivity index (χ1) is 9.51. The number of carbonyl (C=O) groups is 2. The molecule has 0 heterocycles. The first-order valence-corrected chi connectivity index (χ1v) is 7.30. The van der Waals surface area contributed by atoms with Crippen molar-refractivity contribution < 1.29 is 14.3 Å². The van der Waals surface area contributed by atoms with Crippen molar-refractivity contribution in [3.8, 4) is 0 Å². The summed E-state index contributed by atoms with van der Waals surface area (Å²) in [7, 11) is 1.59. The van der Waals surface area contributed by atoms with Crippen LogP contribution in [0, 0.1) is 0 Å². The predicted molar refractivity (Wildman–Crippen MR) is 79.5 cm³/mol. The lowest BCUT2D eigenvalue weighted by atomic mass is 10.2. The molecular weight excluding hydrogens is 258 g/mol. The Hall–Kier alpha value is -1.14. The van der Waals surface area contributed by atoms with Gasteiger partial charge in [0, 0.05) is 32.7 Å². The zero-order valence-corrected chi connectivity index (χ0v) is 13.1. The lowest BCUT2D eigenvalue weighted by Gasteiger charge is -2.18. The zero-order chi connectivity index (χ0) is 15.4. The normalized spacial score (nSPS) is 13.6. The lowest BCUT2D eigenvalue weighted by molar-refractivity contribution is -0.124. The number of rotatable bonds is 11. The van der Waals surface area contributed by atoms with Gasteiger partial charge in [-0.25, -0.2) is 0 Å². The van der Waals surface area contributed by atoms with E-state index in [0.717, 1.165) is 12.8 Å². The molecule has 2 unspecified atom stereocenters. The summed E-state index contributed by atoms with van der Waals surface area (Å²) >= 11 is 0. The van der Waals surface area contributed by atoms with E-state index in [0.29, 0.717) is 26.1 Å². The minimum absolute atomic E-state index is 0.0225. The van der Waals surface area contributed by atoms with Gasteiger partial charge < -0.3 is 20.7 Å². The molecule has 2 atom stereocenters. The zero-order valence-electron chi connectivity index (χ0n) is 13.1. The molecule has 0 aliphatic heterocycles. The van der Waals surface area contributed by atoms with Gasteiger partial charge in [0.2, 0.25) is 11.8 Å². The van der Waals surface area contributed by atoms with E-state index in [1.165, 1.54) is 0 Å². The summed E-state index contributed by atoms with van der Waals surface area (Å²) in [6.07, 6.45) is 2.37. The third-order valence-electron chi connectivity index (χ3n) is 2.93. The van der Waals surface area contributed by atoms with Gasteiger partial charge in [0.15, 0.2) is 0 Å². The van der Waals surface area contributed by atoms with Crippen molar-refractivity contribution >= 4 is 11.8 Å². The summed E-state index contributed by atoms with van der Waals surface area (Å²) in [5.74, 6) is -0.0627. The molecule has 3 N–H and O–H groups in total. The fraction of sp³-hybridized carbons (Fsp3) is 0.857. The van der Waals surface area contributed by atoms with E-state index in [9.17, 15) is 9.59 Å². The van der Waals surface area contributed by atoms with Gasteiger partial charge in [-0.05, 0) is 20.3 Å². The predicted octanol–water partition coefficient (Wildman–Crippen LogP) is 0.422. The van der Waals surface area contributed by atoms with Crippen LogP contribution < -0.4 is 16.0 Å². The van der Waals surface area contributed by atoms with Gasteiger partial charge in [-0.2, -0.15) is 0 Å². The van der Waals surface area contributed by atoms with Crippen molar-refractivity contribution in [2.75, 3.05) is 26.8 Å². The number of hydrogen-bond donors (Lipinski definition) is 3. The molecule has 0 radical (unpaired) electrons. The highest BCUT2D eigenvalue weighted by atomic mass is 16.5. The van der Waals surface area contributed by atoms with Gasteiger partial charge in [0.1, 0.15) is 0 Å². The van der Waals surface area contributed by atoms with Gasteiger partial charge in [0.05, 0.1) is 12.6 Å². The topological polar surface area (TPSA) is 79.5 Å². The Balaban J connectivity index is 3.73. The molecule has 0 aliphatic carbocycles. The molecule has 0 aromatic heterocycles. The van der Waals surface area contributed by atoms with Crippen LogP contribution in [0.15, 0.2) is 0 Å². The highest BCUT2D eigenvalue weighted by Crippen LogP contribution is 1.95. The minimum atomic E-state index is -0.291. The fourth-order valence-electron chi connectivity index (χ4n) is 1.75. The highest BCUT2D eigenvalue weighted by Gasteiger charge is 2.14. The van der Waals surface area contributed by atoms with Gasteiger partial charge in [-0.15, -0.1) is 0 Å². The maximum absolute atomic E-state index is 11.8. The van der Waals surface area contributed by atoms with Gasteiger partial charge in [-0.3, -0.25) is 9.59 Å². The number of methoxy groups -OCH3 is 1. The summed E-state index contributed by atoms with van der Waals surface area (Å²) in [6, 6.07) is -0.102. The van der Waals surface area contributed by atoms with E-state index in [1.807, 2.05) is 6.92 Å². The van der Waals surface area contributed by atoms with Crippen LogP contribution in [0.3, 0.4) is 0 Å². The third-order valence-corrected chi connectivity index (χ3v) is 2.93. The Kier molecular flexibility index (Phi) is 11.0. The van der Waals surface area contributed by atoms with Crippen LogP contribution in [0.1, 0.15) is 40.0 Å². The van der Waals surface area contributed by atoms with Crippen molar-refractivity contribution in [2.45, 2.75) is 52.1 Å². The molecule has 6 nitrogen and oxygen atoms in total. The van der Waals surface area contributed by atoms with Crippen molar-refractivity contribution in [2.24, 2.45) is 0 Å². The van der Waals surface area contributed by atoms with Crippen molar-refractivity contribution in [1.82, 2.24) is 16.0 Å². The van der Waals surface area contributed by atoms with E-state index in [4.69, 9.17) is 4.74 Å². The standard InChI is InChI=1S/C14H29N3O3/c1-5-6-11(2)17-14(19)12(3)15-8-7-13(18)16-9-10-20-4/h11-12,15H,5-10H2,1-4H3,(H,16,18)(H,17,19). The maximum atomic E-state index is 11.8. The SMILES string of the molecule is CCCC(C)NC(=O)C(C)NCCC(=O)NCCOC. The summed E-state index contributed by atoms with van der Waals surface area (Å²) in [5.41, 5.74) is 0. The van der Waals surface area contributed by atoms with Crippen LogP contribution in [-0.4, -0.2) is 50.7 Å². The quantitative estimate of drug-likeness (QED) is 0.481. The van der Waals surface area contributed by atoms with Crippen molar-refractivity contribution in [1.29, 1.82) is 0 Å². The molecule has 0 aromatic carbocycles. The molecule has 0 rings (SSSR count). The van der Waals surface area contributed by atoms with E-state index >= 15 is 0 Å². The van der Waals surface area contributed by atoms with Crippen LogP contribution in [0.5, 0.6) is 0 Å². The third kappa shape index (κ3) is 9.75. The Morgan fingerprint density at radius 1 is 1.20 bits per heavy atom. The molecule has 0 aliphatic rings. The summed E-state index contributed by atoms with van der Waals surface area (Å²) in [5, 5.41) is 8.72. The van der Waals surface area contributed by atoms with Gasteiger partial charge >= 0.3 is 0 Å². The van der Waals surface area contributed by atoms with Gasteiger partial charge in [-0.1, -0.05) is 13.3 Å². The van der Waals surface area contributed by atoms with E-state index in [-0.39, 0.29) is 23.9 Å². The summed E-state index contributed by atoms with van der Waals surface area (Å²) in [6.45, 7) is 7.39. The van der Waals surface area contributed by atoms with Crippen LogP contribution in [-0.2, 0) is 14.3 Å². The first-order valence-electron chi connectivity index (χ1n) is 7.30. The highest BCUT2D eigenvalue weighted by molar-refractivity contribution is 5.81. The fourth-order valence-corrected chi connectivity index (χ4v) is 1.75. The number of amides is 2. The van der Waals surface area contributed by atoms with E-state index in [1.54, 1.807) is 14.0 Å². The van der Waals surface area contributed by atoms with E-state index in [2.05, 4.69) is 22.9 Å². The second-order valence-corrected chi connectivity index (χ2v) is 4.97. The number of ether oxygens (including phenoxy) is 1. The Bertz CT molecular complexity index is 285. The monoisotopic (exact) mass is 287 g/mol. The average Bonchev–Trinajstić information content (AvgIpc) is 2.39. The van der Waals surface area contributed by atoms with E-state index < -0.39 is 0 Å². The summed E-state index contributed by atoms with van der Waals surface area (Å²) in [4.78, 5) is 23.2. The lowest BCUT2D eigenvalue weighted by Crippen LogP contribution is -2.46. The number of carbonyl (C=O) groups excluding carboxylic acids is 2. The van der Waals surface area contributed by atoms with Crippen LogP contribution in [0.25, 0.3) is 0 Å². The van der Waals surface area contributed by atoms with Gasteiger partial charge in [0.25, 0.3) is 0 Å². The van der Waals surface area contributed by atoms with Crippen LogP contribution >= 0.6 is 0 Å². The molecule has 6 heteroatoms. The molecular formula is C14H29N3O3. The molecule has 2 amide bonds. The number of hydrogen-bond acceptors (Lipinski definition) is 4. The van der Waals surface area contributed by atoms with Crippen LogP contribution in [0.2, 0.25) is 0 Å². The smallest absolute Gasteiger partial charge is 0.237 e.